The number of rotatable bonds is 4. The lowest BCUT2D eigenvalue weighted by Crippen LogP contribution is -2.38. The van der Waals surface area contributed by atoms with Gasteiger partial charge in [0.15, 0.2) is 0 Å². The SMILES string of the molecule is CC(Nc1ccc(F)cc1Cl)C(=O)NC1CC1. The molecular weight excluding hydrogens is 243 g/mol. The Morgan fingerprint density at radius 1 is 1.53 bits per heavy atom. The molecule has 0 spiro atoms. The van der Waals surface area contributed by atoms with E-state index in [4.69, 9.17) is 11.6 Å². The highest BCUT2D eigenvalue weighted by Gasteiger charge is 2.25. The fourth-order valence-corrected chi connectivity index (χ4v) is 1.68. The smallest absolute Gasteiger partial charge is 0.242 e. The lowest BCUT2D eigenvalue weighted by atomic mass is 10.2. The fraction of sp³-hybridized carbons (Fsp3) is 0.417. The van der Waals surface area contributed by atoms with Crippen molar-refractivity contribution in [3.05, 3.63) is 29.0 Å². The second-order valence-electron chi connectivity index (χ2n) is 4.27. The van der Waals surface area contributed by atoms with Crippen LogP contribution in [0.4, 0.5) is 10.1 Å². The summed E-state index contributed by atoms with van der Waals surface area (Å²) in [5, 5.41) is 6.12. The Bertz CT molecular complexity index is 435. The Labute approximate surface area is 104 Å². The molecule has 1 aromatic rings. The minimum absolute atomic E-state index is 0.0621. The molecule has 1 saturated carbocycles. The highest BCUT2D eigenvalue weighted by atomic mass is 35.5. The number of anilines is 1. The van der Waals surface area contributed by atoms with Crippen LogP contribution >= 0.6 is 11.6 Å². The second kappa shape index (κ2) is 4.92. The van der Waals surface area contributed by atoms with Gasteiger partial charge >= 0.3 is 0 Å². The van der Waals surface area contributed by atoms with E-state index in [1.165, 1.54) is 18.2 Å². The van der Waals surface area contributed by atoms with Crippen LogP contribution in [-0.2, 0) is 4.79 Å². The first-order valence-corrected chi connectivity index (χ1v) is 5.96. The van der Waals surface area contributed by atoms with Crippen LogP contribution in [-0.4, -0.2) is 18.0 Å². The third kappa shape index (κ3) is 3.33. The first kappa shape index (κ1) is 12.2. The van der Waals surface area contributed by atoms with Gasteiger partial charge in [0, 0.05) is 6.04 Å². The van der Waals surface area contributed by atoms with Crippen LogP contribution < -0.4 is 10.6 Å². The summed E-state index contributed by atoms with van der Waals surface area (Å²) in [7, 11) is 0. The molecule has 0 aliphatic heterocycles. The molecule has 1 aliphatic carbocycles. The van der Waals surface area contributed by atoms with Gasteiger partial charge in [-0.15, -0.1) is 0 Å². The molecule has 1 fully saturated rings. The minimum atomic E-state index is -0.393. The summed E-state index contributed by atoms with van der Waals surface area (Å²) >= 11 is 5.86. The molecule has 3 nitrogen and oxygen atoms in total. The molecule has 1 aromatic carbocycles. The molecule has 1 atom stereocenters. The number of benzene rings is 1. The molecule has 2 rings (SSSR count). The van der Waals surface area contributed by atoms with E-state index in [1.54, 1.807) is 6.92 Å². The predicted octanol–water partition coefficient (Wildman–Crippen LogP) is 2.56. The molecule has 5 heteroatoms. The van der Waals surface area contributed by atoms with Crippen LogP contribution in [0.1, 0.15) is 19.8 Å². The summed E-state index contributed by atoms with van der Waals surface area (Å²) in [6.45, 7) is 1.75. The summed E-state index contributed by atoms with van der Waals surface area (Å²) in [5.41, 5.74) is 0.562. The first-order valence-electron chi connectivity index (χ1n) is 5.58. The van der Waals surface area contributed by atoms with Crippen molar-refractivity contribution in [3.8, 4) is 0 Å². The Hall–Kier alpha value is -1.29. The molecular formula is C12H14ClFN2O. The Kier molecular flexibility index (Phi) is 3.52. The lowest BCUT2D eigenvalue weighted by Gasteiger charge is -2.16. The van der Waals surface area contributed by atoms with Crippen molar-refractivity contribution in [1.82, 2.24) is 5.32 Å². The number of amides is 1. The van der Waals surface area contributed by atoms with Gasteiger partial charge < -0.3 is 10.6 Å². The van der Waals surface area contributed by atoms with E-state index in [1.807, 2.05) is 0 Å². The molecule has 0 heterocycles. The van der Waals surface area contributed by atoms with E-state index in [0.29, 0.717) is 11.7 Å². The standard InChI is InChI=1S/C12H14ClFN2O/c1-7(12(17)16-9-3-4-9)15-11-5-2-8(14)6-10(11)13/h2,5-7,9,15H,3-4H2,1H3,(H,16,17). The molecule has 0 bridgehead atoms. The number of carbonyl (C=O) groups is 1. The molecule has 2 N–H and O–H groups in total. The largest absolute Gasteiger partial charge is 0.373 e. The van der Waals surface area contributed by atoms with Gasteiger partial charge in [-0.25, -0.2) is 4.39 Å². The zero-order chi connectivity index (χ0) is 12.4. The van der Waals surface area contributed by atoms with Gasteiger partial charge in [0.1, 0.15) is 11.9 Å². The number of nitrogens with one attached hydrogen (secondary N) is 2. The Morgan fingerprint density at radius 2 is 2.24 bits per heavy atom. The number of halogens is 2. The van der Waals surface area contributed by atoms with Gasteiger partial charge in [0.05, 0.1) is 10.7 Å². The normalized spacial score (nSPS) is 16.4. The summed E-state index contributed by atoms with van der Waals surface area (Å²) in [5.74, 6) is -0.455. The third-order valence-corrected chi connectivity index (χ3v) is 2.93. The molecule has 0 radical (unpaired) electrons. The van der Waals surface area contributed by atoms with Crippen molar-refractivity contribution in [2.75, 3.05) is 5.32 Å². The maximum atomic E-state index is 12.8. The Balaban J connectivity index is 1.96. The highest BCUT2D eigenvalue weighted by Crippen LogP contribution is 2.23. The fourth-order valence-electron chi connectivity index (χ4n) is 1.46. The quantitative estimate of drug-likeness (QED) is 0.869. The second-order valence-corrected chi connectivity index (χ2v) is 4.68. The van der Waals surface area contributed by atoms with Gasteiger partial charge in [-0.1, -0.05) is 11.6 Å². The lowest BCUT2D eigenvalue weighted by molar-refractivity contribution is -0.121. The monoisotopic (exact) mass is 256 g/mol. The van der Waals surface area contributed by atoms with Crippen molar-refractivity contribution in [3.63, 3.8) is 0 Å². The van der Waals surface area contributed by atoms with E-state index < -0.39 is 11.9 Å². The molecule has 0 aromatic heterocycles. The van der Waals surface area contributed by atoms with E-state index in [0.717, 1.165) is 12.8 Å². The van der Waals surface area contributed by atoms with E-state index in [-0.39, 0.29) is 10.9 Å². The van der Waals surface area contributed by atoms with Crippen LogP contribution in [0, 0.1) is 5.82 Å². The number of carbonyl (C=O) groups excluding carboxylic acids is 1. The molecule has 0 saturated heterocycles. The minimum Gasteiger partial charge on any atom is -0.373 e. The van der Waals surface area contributed by atoms with Gasteiger partial charge in [-0.2, -0.15) is 0 Å². The van der Waals surface area contributed by atoms with Crippen molar-refractivity contribution in [2.24, 2.45) is 0 Å². The summed E-state index contributed by atoms with van der Waals surface area (Å²) in [6, 6.07) is 3.99. The van der Waals surface area contributed by atoms with Crippen LogP contribution in [0.2, 0.25) is 5.02 Å². The number of hydrogen-bond acceptors (Lipinski definition) is 2. The zero-order valence-corrected chi connectivity index (χ0v) is 10.2. The molecule has 1 aliphatic rings. The van der Waals surface area contributed by atoms with E-state index in [9.17, 15) is 9.18 Å². The highest BCUT2D eigenvalue weighted by molar-refractivity contribution is 6.33. The maximum absolute atomic E-state index is 12.8. The van der Waals surface area contributed by atoms with E-state index >= 15 is 0 Å². The summed E-state index contributed by atoms with van der Waals surface area (Å²) in [4.78, 5) is 11.7. The Morgan fingerprint density at radius 3 is 2.82 bits per heavy atom. The molecule has 1 unspecified atom stereocenters. The van der Waals surface area contributed by atoms with Gasteiger partial charge in [0.25, 0.3) is 0 Å². The maximum Gasteiger partial charge on any atom is 0.242 e. The molecule has 17 heavy (non-hydrogen) atoms. The molecule has 92 valence electrons. The number of hydrogen-bond donors (Lipinski definition) is 2. The van der Waals surface area contributed by atoms with Crippen molar-refractivity contribution >= 4 is 23.2 Å². The zero-order valence-electron chi connectivity index (χ0n) is 9.47. The topological polar surface area (TPSA) is 41.1 Å². The predicted molar refractivity (Wildman–Crippen MR) is 65.7 cm³/mol. The average Bonchev–Trinajstić information content (AvgIpc) is 3.06. The van der Waals surface area contributed by atoms with Crippen LogP contribution in [0.3, 0.4) is 0 Å². The van der Waals surface area contributed by atoms with Crippen molar-refractivity contribution in [1.29, 1.82) is 0 Å². The van der Waals surface area contributed by atoms with E-state index in [2.05, 4.69) is 10.6 Å². The van der Waals surface area contributed by atoms with Crippen LogP contribution in [0.15, 0.2) is 18.2 Å². The van der Waals surface area contributed by atoms with Crippen LogP contribution in [0.25, 0.3) is 0 Å². The average molecular weight is 257 g/mol. The summed E-state index contributed by atoms with van der Waals surface area (Å²) in [6.07, 6.45) is 2.10. The van der Waals surface area contributed by atoms with Crippen LogP contribution in [0.5, 0.6) is 0 Å². The first-order chi connectivity index (χ1) is 8.06. The third-order valence-electron chi connectivity index (χ3n) is 2.62. The van der Waals surface area contributed by atoms with Crippen molar-refractivity contribution in [2.45, 2.75) is 31.8 Å². The van der Waals surface area contributed by atoms with Crippen molar-refractivity contribution < 1.29 is 9.18 Å². The van der Waals surface area contributed by atoms with Gasteiger partial charge in [-0.3, -0.25) is 4.79 Å². The summed E-state index contributed by atoms with van der Waals surface area (Å²) < 4.78 is 12.8. The molecule has 1 amide bonds. The van der Waals surface area contributed by atoms with Gasteiger partial charge in [-0.05, 0) is 38.0 Å². The van der Waals surface area contributed by atoms with Gasteiger partial charge in [0.2, 0.25) is 5.91 Å².